The van der Waals surface area contributed by atoms with Crippen molar-refractivity contribution in [3.8, 4) is 5.69 Å². The molecule has 3 aromatic rings. The number of nitrogens with zero attached hydrogens (tertiary/aromatic N) is 5. The van der Waals surface area contributed by atoms with Crippen LogP contribution in [0, 0.1) is 0 Å². The molecule has 8 heteroatoms. The Bertz CT molecular complexity index is 807. The molecule has 0 fully saturated rings. The summed E-state index contributed by atoms with van der Waals surface area (Å²) in [5, 5.41) is 15.1. The van der Waals surface area contributed by atoms with Gasteiger partial charge in [0.15, 0.2) is 5.96 Å². The number of nitrogens with one attached hydrogen (secondary N) is 2. The fourth-order valence-corrected chi connectivity index (χ4v) is 2.33. The zero-order valence-corrected chi connectivity index (χ0v) is 16.6. The van der Waals surface area contributed by atoms with Gasteiger partial charge in [0, 0.05) is 38.6 Å². The highest BCUT2D eigenvalue weighted by atomic mass is 127. The van der Waals surface area contributed by atoms with Gasteiger partial charge in [-0.3, -0.25) is 9.67 Å². The van der Waals surface area contributed by atoms with E-state index in [0.29, 0.717) is 13.1 Å². The molecule has 0 aliphatic heterocycles. The molecule has 0 bridgehead atoms. The molecule has 2 aromatic heterocycles. The maximum Gasteiger partial charge on any atom is 0.191 e. The number of rotatable bonds is 5. The molecule has 0 atom stereocenters. The predicted octanol–water partition coefficient (Wildman–Crippen LogP) is 2.09. The first kappa shape index (κ1) is 19.0. The summed E-state index contributed by atoms with van der Waals surface area (Å²) >= 11 is 0. The summed E-state index contributed by atoms with van der Waals surface area (Å²) in [5.41, 5.74) is 3.22. The van der Waals surface area contributed by atoms with Crippen molar-refractivity contribution in [2.45, 2.75) is 13.1 Å². The maximum atomic E-state index is 4.39. The van der Waals surface area contributed by atoms with Crippen LogP contribution in [0.5, 0.6) is 0 Å². The normalized spacial score (nSPS) is 11.0. The van der Waals surface area contributed by atoms with Crippen LogP contribution in [0.2, 0.25) is 0 Å². The van der Waals surface area contributed by atoms with Gasteiger partial charge in [-0.25, -0.2) is 4.68 Å². The van der Waals surface area contributed by atoms with Crippen LogP contribution in [0.4, 0.5) is 0 Å². The molecular formula is C17H22IN7. The standard InChI is InChI=1S/C17H21N7.HI/c1-18-17(20-12-16-8-9-21-23(16)2)19-10-14-11-22-24(13-14)15-6-4-3-5-7-15;/h3-9,11,13H,10,12H2,1-2H3,(H2,18,19,20);1H. The van der Waals surface area contributed by atoms with Gasteiger partial charge < -0.3 is 10.6 Å². The van der Waals surface area contributed by atoms with Gasteiger partial charge in [-0.15, -0.1) is 24.0 Å². The monoisotopic (exact) mass is 451 g/mol. The summed E-state index contributed by atoms with van der Waals surface area (Å²) in [7, 11) is 3.68. The van der Waals surface area contributed by atoms with Gasteiger partial charge in [-0.1, -0.05) is 18.2 Å². The first-order valence-electron chi connectivity index (χ1n) is 7.76. The number of aryl methyl sites for hydroxylation is 1. The first-order chi connectivity index (χ1) is 11.8. The SMILES string of the molecule is CN=C(NCc1cnn(-c2ccccc2)c1)NCc1ccnn1C.I. The van der Waals surface area contributed by atoms with E-state index in [1.165, 1.54) is 0 Å². The lowest BCUT2D eigenvalue weighted by atomic mass is 10.3. The van der Waals surface area contributed by atoms with Crippen LogP contribution < -0.4 is 10.6 Å². The third kappa shape index (κ3) is 5.05. The van der Waals surface area contributed by atoms with E-state index in [1.807, 2.05) is 65.2 Å². The first-order valence-corrected chi connectivity index (χ1v) is 7.76. The van der Waals surface area contributed by atoms with Crippen LogP contribution in [0.1, 0.15) is 11.3 Å². The molecule has 0 spiro atoms. The average Bonchev–Trinajstić information content (AvgIpc) is 3.25. The summed E-state index contributed by atoms with van der Waals surface area (Å²) in [4.78, 5) is 4.23. The van der Waals surface area contributed by atoms with Crippen LogP contribution in [0.25, 0.3) is 5.69 Å². The molecule has 0 radical (unpaired) electrons. The van der Waals surface area contributed by atoms with E-state index in [2.05, 4.69) is 25.8 Å². The molecule has 1 aromatic carbocycles. The van der Waals surface area contributed by atoms with Crippen molar-refractivity contribution in [2.24, 2.45) is 12.0 Å². The molecule has 0 aliphatic carbocycles. The van der Waals surface area contributed by atoms with Gasteiger partial charge in [0.1, 0.15) is 0 Å². The van der Waals surface area contributed by atoms with Crippen molar-refractivity contribution >= 4 is 29.9 Å². The van der Waals surface area contributed by atoms with Crippen molar-refractivity contribution in [1.82, 2.24) is 30.2 Å². The Morgan fingerprint density at radius 3 is 2.52 bits per heavy atom. The number of hydrogen-bond donors (Lipinski definition) is 2. The molecule has 25 heavy (non-hydrogen) atoms. The third-order valence-corrected chi connectivity index (χ3v) is 3.70. The summed E-state index contributed by atoms with van der Waals surface area (Å²) in [6.07, 6.45) is 5.65. The molecule has 2 heterocycles. The molecule has 3 rings (SSSR count). The summed E-state index contributed by atoms with van der Waals surface area (Å²) in [5.74, 6) is 0.740. The predicted molar refractivity (Wildman–Crippen MR) is 109 cm³/mol. The lowest BCUT2D eigenvalue weighted by Gasteiger charge is -2.11. The van der Waals surface area contributed by atoms with Gasteiger partial charge in [-0.05, 0) is 18.2 Å². The summed E-state index contributed by atoms with van der Waals surface area (Å²) in [6, 6.07) is 12.0. The minimum Gasteiger partial charge on any atom is -0.352 e. The Morgan fingerprint density at radius 2 is 1.84 bits per heavy atom. The van der Waals surface area contributed by atoms with E-state index in [1.54, 1.807) is 13.2 Å². The summed E-state index contributed by atoms with van der Waals surface area (Å²) in [6.45, 7) is 1.32. The number of hydrogen-bond acceptors (Lipinski definition) is 3. The number of guanidine groups is 1. The van der Waals surface area contributed by atoms with Gasteiger partial charge in [0.25, 0.3) is 0 Å². The van der Waals surface area contributed by atoms with E-state index in [-0.39, 0.29) is 24.0 Å². The molecule has 0 amide bonds. The minimum atomic E-state index is 0. The van der Waals surface area contributed by atoms with Gasteiger partial charge in [0.2, 0.25) is 0 Å². The number of para-hydroxylation sites is 1. The van der Waals surface area contributed by atoms with Crippen molar-refractivity contribution < 1.29 is 0 Å². The van der Waals surface area contributed by atoms with Crippen molar-refractivity contribution in [3.05, 3.63) is 66.2 Å². The van der Waals surface area contributed by atoms with Gasteiger partial charge >= 0.3 is 0 Å². The molecule has 2 N–H and O–H groups in total. The quantitative estimate of drug-likeness (QED) is 0.354. The van der Waals surface area contributed by atoms with Crippen LogP contribution in [0.15, 0.2) is 60.0 Å². The number of benzene rings is 1. The summed E-state index contributed by atoms with van der Waals surface area (Å²) < 4.78 is 3.70. The van der Waals surface area contributed by atoms with E-state index in [0.717, 1.165) is 22.9 Å². The third-order valence-electron chi connectivity index (χ3n) is 3.70. The highest BCUT2D eigenvalue weighted by Crippen LogP contribution is 2.07. The topological polar surface area (TPSA) is 72.1 Å². The van der Waals surface area contributed by atoms with Crippen LogP contribution in [-0.4, -0.2) is 32.6 Å². The Morgan fingerprint density at radius 1 is 1.08 bits per heavy atom. The lowest BCUT2D eigenvalue weighted by Crippen LogP contribution is -2.36. The highest BCUT2D eigenvalue weighted by molar-refractivity contribution is 14.0. The molecule has 0 aliphatic rings. The molecular weight excluding hydrogens is 429 g/mol. The Balaban J connectivity index is 0.00000225. The zero-order chi connectivity index (χ0) is 16.8. The van der Waals surface area contributed by atoms with E-state index < -0.39 is 0 Å². The molecule has 7 nitrogen and oxygen atoms in total. The van der Waals surface area contributed by atoms with E-state index in [9.17, 15) is 0 Å². The average molecular weight is 451 g/mol. The largest absolute Gasteiger partial charge is 0.352 e. The minimum absolute atomic E-state index is 0. The second-order valence-electron chi connectivity index (χ2n) is 5.35. The Kier molecular flexibility index (Phi) is 6.99. The second-order valence-corrected chi connectivity index (χ2v) is 5.35. The van der Waals surface area contributed by atoms with E-state index in [4.69, 9.17) is 0 Å². The van der Waals surface area contributed by atoms with Crippen molar-refractivity contribution in [1.29, 1.82) is 0 Å². The van der Waals surface area contributed by atoms with Crippen LogP contribution in [0.3, 0.4) is 0 Å². The second kappa shape index (κ2) is 9.21. The molecule has 0 saturated heterocycles. The fourth-order valence-electron chi connectivity index (χ4n) is 2.33. The van der Waals surface area contributed by atoms with Crippen LogP contribution in [-0.2, 0) is 20.1 Å². The molecule has 132 valence electrons. The highest BCUT2D eigenvalue weighted by Gasteiger charge is 2.04. The fraction of sp³-hybridized carbons (Fsp3) is 0.235. The molecule has 0 saturated carbocycles. The Labute approximate surface area is 164 Å². The van der Waals surface area contributed by atoms with Crippen molar-refractivity contribution in [3.63, 3.8) is 0 Å². The zero-order valence-electron chi connectivity index (χ0n) is 14.3. The lowest BCUT2D eigenvalue weighted by molar-refractivity contribution is 0.684. The number of aliphatic imine (C=N–C) groups is 1. The number of halogens is 1. The number of aromatic nitrogens is 4. The smallest absolute Gasteiger partial charge is 0.191 e. The Hall–Kier alpha value is -2.36. The van der Waals surface area contributed by atoms with Crippen LogP contribution >= 0.6 is 24.0 Å². The van der Waals surface area contributed by atoms with Gasteiger partial charge in [0.05, 0.1) is 24.1 Å². The van der Waals surface area contributed by atoms with E-state index >= 15 is 0 Å². The van der Waals surface area contributed by atoms with Crippen molar-refractivity contribution in [2.75, 3.05) is 7.05 Å². The molecule has 0 unspecified atom stereocenters. The van der Waals surface area contributed by atoms with Gasteiger partial charge in [-0.2, -0.15) is 10.2 Å². The maximum absolute atomic E-state index is 4.39.